The van der Waals surface area contributed by atoms with Gasteiger partial charge in [-0.3, -0.25) is 9.36 Å². The third-order valence-corrected chi connectivity index (χ3v) is 4.75. The van der Waals surface area contributed by atoms with E-state index in [1.165, 1.54) is 17.7 Å². The first-order chi connectivity index (χ1) is 12.8. The zero-order valence-electron chi connectivity index (χ0n) is 14.9. The van der Waals surface area contributed by atoms with Crippen LogP contribution < -0.4 is 5.32 Å². The Hall–Kier alpha value is -2.68. The van der Waals surface area contributed by atoms with Gasteiger partial charge >= 0.3 is 6.09 Å². The molecule has 1 amide bonds. The molecular weight excluding hydrogens is 419 g/mol. The van der Waals surface area contributed by atoms with Crippen LogP contribution in [0.25, 0.3) is 22.6 Å². The van der Waals surface area contributed by atoms with Gasteiger partial charge in [-0.25, -0.2) is 14.2 Å². The topological polar surface area (TPSA) is 89.0 Å². The average molecular weight is 437 g/mol. The standard InChI is InChI=1S/C18H18BrFN4O3/c1-9(2)15(23-18(26)27-3)17(25)24-6-4-5-14(24)16-21-12-7-10(19)11(20)8-13(12)22-16/h4-9,15H,1-3H3,(H,21,22)(H,23,26)/t15-/m0/s1. The lowest BCUT2D eigenvalue weighted by Crippen LogP contribution is -2.46. The number of aromatic amines is 1. The molecule has 27 heavy (non-hydrogen) atoms. The fourth-order valence-corrected chi connectivity index (χ4v) is 3.07. The van der Waals surface area contributed by atoms with E-state index in [1.807, 2.05) is 13.8 Å². The summed E-state index contributed by atoms with van der Waals surface area (Å²) in [6.45, 7) is 3.65. The van der Waals surface area contributed by atoms with Crippen molar-refractivity contribution in [2.24, 2.45) is 5.92 Å². The lowest BCUT2D eigenvalue weighted by molar-refractivity contribution is 0.0821. The van der Waals surface area contributed by atoms with Crippen molar-refractivity contribution in [2.75, 3.05) is 7.11 Å². The summed E-state index contributed by atoms with van der Waals surface area (Å²) in [7, 11) is 1.24. The Morgan fingerprint density at radius 1 is 1.37 bits per heavy atom. The molecule has 7 nitrogen and oxygen atoms in total. The van der Waals surface area contributed by atoms with Gasteiger partial charge in [0.2, 0.25) is 0 Å². The number of aromatic nitrogens is 3. The smallest absolute Gasteiger partial charge is 0.407 e. The number of halogens is 2. The molecule has 0 saturated heterocycles. The summed E-state index contributed by atoms with van der Waals surface area (Å²) >= 11 is 3.14. The van der Waals surface area contributed by atoms with E-state index in [1.54, 1.807) is 24.4 Å². The van der Waals surface area contributed by atoms with Gasteiger partial charge in [0.1, 0.15) is 11.9 Å². The van der Waals surface area contributed by atoms with Crippen molar-refractivity contribution in [3.63, 3.8) is 0 Å². The largest absolute Gasteiger partial charge is 0.453 e. The molecule has 0 aliphatic rings. The molecule has 142 valence electrons. The van der Waals surface area contributed by atoms with Crippen LogP contribution in [0.2, 0.25) is 0 Å². The first-order valence-electron chi connectivity index (χ1n) is 8.23. The van der Waals surface area contributed by atoms with Crippen molar-refractivity contribution in [1.29, 1.82) is 0 Å². The number of nitrogens with one attached hydrogen (secondary N) is 2. The lowest BCUT2D eigenvalue weighted by Gasteiger charge is -2.21. The number of alkyl carbamates (subject to hydrolysis) is 1. The number of methoxy groups -OCH3 is 1. The predicted octanol–water partition coefficient (Wildman–Crippen LogP) is 3.95. The molecule has 1 atom stereocenters. The molecule has 3 rings (SSSR count). The number of ether oxygens (including phenoxy) is 1. The van der Waals surface area contributed by atoms with Crippen LogP contribution in [0.1, 0.15) is 18.6 Å². The minimum Gasteiger partial charge on any atom is -0.453 e. The maximum atomic E-state index is 13.8. The number of nitrogens with zero attached hydrogens (tertiary/aromatic N) is 2. The number of hydrogen-bond donors (Lipinski definition) is 2. The summed E-state index contributed by atoms with van der Waals surface area (Å²) in [5, 5.41) is 2.56. The van der Waals surface area contributed by atoms with E-state index in [0.29, 0.717) is 27.0 Å². The second-order valence-electron chi connectivity index (χ2n) is 6.33. The van der Waals surface area contributed by atoms with E-state index in [2.05, 4.69) is 36.0 Å². The van der Waals surface area contributed by atoms with Gasteiger partial charge in [0, 0.05) is 12.3 Å². The van der Waals surface area contributed by atoms with Crippen molar-refractivity contribution >= 4 is 39.0 Å². The lowest BCUT2D eigenvalue weighted by atomic mass is 10.0. The molecule has 2 aromatic heterocycles. The first-order valence-corrected chi connectivity index (χ1v) is 9.02. The zero-order chi connectivity index (χ0) is 19.7. The van der Waals surface area contributed by atoms with Crippen LogP contribution in [-0.2, 0) is 4.74 Å². The Morgan fingerprint density at radius 2 is 2.11 bits per heavy atom. The van der Waals surface area contributed by atoms with Gasteiger partial charge < -0.3 is 15.0 Å². The fourth-order valence-electron chi connectivity index (χ4n) is 2.74. The third-order valence-electron chi connectivity index (χ3n) is 4.14. The Labute approximate surface area is 163 Å². The highest BCUT2D eigenvalue weighted by molar-refractivity contribution is 9.10. The van der Waals surface area contributed by atoms with Crippen molar-refractivity contribution in [1.82, 2.24) is 19.9 Å². The number of carbonyl (C=O) groups is 2. The van der Waals surface area contributed by atoms with Crippen LogP contribution in [0.4, 0.5) is 9.18 Å². The van der Waals surface area contributed by atoms with E-state index in [0.717, 1.165) is 0 Å². The molecule has 9 heteroatoms. The van der Waals surface area contributed by atoms with Gasteiger partial charge in [-0.1, -0.05) is 13.8 Å². The summed E-state index contributed by atoms with van der Waals surface area (Å²) in [4.78, 5) is 32.1. The van der Waals surface area contributed by atoms with Gasteiger partial charge in [-0.15, -0.1) is 0 Å². The van der Waals surface area contributed by atoms with Crippen molar-refractivity contribution in [3.8, 4) is 11.5 Å². The molecule has 0 radical (unpaired) electrons. The van der Waals surface area contributed by atoms with Gasteiger partial charge in [0.15, 0.2) is 5.82 Å². The molecule has 2 N–H and O–H groups in total. The monoisotopic (exact) mass is 436 g/mol. The molecular formula is C18H18BrFN4O3. The van der Waals surface area contributed by atoms with E-state index in [4.69, 9.17) is 0 Å². The summed E-state index contributed by atoms with van der Waals surface area (Å²) < 4.78 is 20.1. The summed E-state index contributed by atoms with van der Waals surface area (Å²) in [5.74, 6) is -0.483. The number of amides is 1. The van der Waals surface area contributed by atoms with E-state index < -0.39 is 18.0 Å². The molecule has 0 aliphatic carbocycles. The third kappa shape index (κ3) is 3.73. The highest BCUT2D eigenvalue weighted by Crippen LogP contribution is 2.26. The highest BCUT2D eigenvalue weighted by Gasteiger charge is 2.27. The molecule has 0 saturated carbocycles. The summed E-state index contributed by atoms with van der Waals surface area (Å²) in [6, 6.07) is 5.54. The van der Waals surface area contributed by atoms with Crippen molar-refractivity contribution < 1.29 is 18.7 Å². The van der Waals surface area contributed by atoms with E-state index >= 15 is 0 Å². The van der Waals surface area contributed by atoms with Crippen LogP contribution >= 0.6 is 15.9 Å². The van der Waals surface area contributed by atoms with E-state index in [9.17, 15) is 14.0 Å². The number of imidazole rings is 1. The first kappa shape index (κ1) is 19.1. The predicted molar refractivity (Wildman–Crippen MR) is 102 cm³/mol. The SMILES string of the molecule is COC(=O)N[C@H](C(=O)n1cccc1-c1nc2cc(Br)c(F)cc2[nH]1)C(C)C. The fraction of sp³-hybridized carbons (Fsp3) is 0.278. The molecule has 0 fully saturated rings. The van der Waals surface area contributed by atoms with Crippen LogP contribution in [0, 0.1) is 11.7 Å². The number of rotatable bonds is 4. The number of hydrogen-bond acceptors (Lipinski definition) is 4. The Balaban J connectivity index is 2.00. The molecule has 0 aliphatic heterocycles. The second kappa shape index (κ2) is 7.51. The molecule has 2 heterocycles. The molecule has 0 unspecified atom stereocenters. The normalized spacial score (nSPS) is 12.4. The number of benzene rings is 1. The Bertz CT molecular complexity index is 972. The highest BCUT2D eigenvalue weighted by atomic mass is 79.9. The molecule has 0 spiro atoms. The molecule has 1 aromatic carbocycles. The summed E-state index contributed by atoms with van der Waals surface area (Å²) in [6.07, 6.45) is 0.912. The van der Waals surface area contributed by atoms with Gasteiger partial charge in [0.05, 0.1) is 28.3 Å². The maximum absolute atomic E-state index is 13.8. The number of fused-ring (bicyclic) bond motifs is 1. The number of H-pyrrole nitrogens is 1. The van der Waals surface area contributed by atoms with Crippen LogP contribution in [-0.4, -0.2) is 39.7 Å². The second-order valence-corrected chi connectivity index (χ2v) is 7.18. The van der Waals surface area contributed by atoms with Crippen LogP contribution in [0.3, 0.4) is 0 Å². The Morgan fingerprint density at radius 3 is 2.78 bits per heavy atom. The van der Waals surface area contributed by atoms with Gasteiger partial charge in [-0.2, -0.15) is 0 Å². The molecule has 3 aromatic rings. The van der Waals surface area contributed by atoms with Gasteiger partial charge in [-0.05, 0) is 40.0 Å². The maximum Gasteiger partial charge on any atom is 0.407 e. The summed E-state index contributed by atoms with van der Waals surface area (Å²) in [5.41, 5.74) is 1.58. The average Bonchev–Trinajstić information content (AvgIpc) is 3.25. The quantitative estimate of drug-likeness (QED) is 0.647. The number of carbonyl (C=O) groups excluding carboxylic acids is 2. The van der Waals surface area contributed by atoms with Crippen LogP contribution in [0.5, 0.6) is 0 Å². The van der Waals surface area contributed by atoms with Crippen LogP contribution in [0.15, 0.2) is 34.9 Å². The Kier molecular flexibility index (Phi) is 5.31. The van der Waals surface area contributed by atoms with Crippen molar-refractivity contribution in [3.05, 3.63) is 40.8 Å². The minimum atomic E-state index is -0.778. The zero-order valence-corrected chi connectivity index (χ0v) is 16.5. The minimum absolute atomic E-state index is 0.160. The molecule has 0 bridgehead atoms. The van der Waals surface area contributed by atoms with Crippen molar-refractivity contribution in [2.45, 2.75) is 19.9 Å². The van der Waals surface area contributed by atoms with Gasteiger partial charge in [0.25, 0.3) is 5.91 Å². The van der Waals surface area contributed by atoms with E-state index in [-0.39, 0.29) is 11.8 Å².